The summed E-state index contributed by atoms with van der Waals surface area (Å²) >= 11 is 0. The van der Waals surface area contributed by atoms with Crippen molar-refractivity contribution in [3.05, 3.63) is 108 Å². The summed E-state index contributed by atoms with van der Waals surface area (Å²) in [5.74, 6) is 4.48. The maximum absolute atomic E-state index is 15.0. The third kappa shape index (κ3) is 7.39. The number of hydrogen-bond donors (Lipinski definition) is 1. The average molecular weight is 985 g/mol. The molecule has 4 aromatic carbocycles. The molecule has 0 saturated heterocycles. The molecule has 8 bridgehead atoms. The molecule has 8 aliphatic rings. The molecule has 5 aromatic rings. The van der Waals surface area contributed by atoms with Crippen LogP contribution in [0.3, 0.4) is 0 Å². The van der Waals surface area contributed by atoms with E-state index in [1.54, 1.807) is 6.08 Å². The first-order chi connectivity index (χ1) is 27.7. The van der Waals surface area contributed by atoms with Gasteiger partial charge in [-0.05, 0) is 142 Å². The molecule has 1 radical (unpaired) electrons. The van der Waals surface area contributed by atoms with E-state index < -0.39 is 19.7 Å². The molecule has 0 aliphatic heterocycles. The van der Waals surface area contributed by atoms with Gasteiger partial charge < -0.3 is 5.11 Å². The summed E-state index contributed by atoms with van der Waals surface area (Å²) in [6.45, 7) is 8.77. The third-order valence-corrected chi connectivity index (χ3v) is 17.5. The van der Waals surface area contributed by atoms with E-state index in [2.05, 4.69) is 50.0 Å². The van der Waals surface area contributed by atoms with Crippen LogP contribution in [-0.2, 0) is 24.9 Å². The van der Waals surface area contributed by atoms with E-state index in [4.69, 9.17) is 4.98 Å². The fourth-order valence-corrected chi connectivity index (χ4v) is 14.8. The van der Waals surface area contributed by atoms with E-state index in [-0.39, 0.29) is 36.5 Å². The van der Waals surface area contributed by atoms with Crippen molar-refractivity contribution in [2.75, 3.05) is 0 Å². The van der Waals surface area contributed by atoms with Crippen molar-refractivity contribution in [3.8, 4) is 22.4 Å². The van der Waals surface area contributed by atoms with Gasteiger partial charge >= 0.3 is 0 Å². The van der Waals surface area contributed by atoms with E-state index in [0.717, 1.165) is 101 Å². The molecule has 8 aliphatic carbocycles. The van der Waals surface area contributed by atoms with Crippen molar-refractivity contribution < 1.29 is 38.8 Å². The Bertz CT molecular complexity index is 2410. The molecule has 1 aromatic heterocycles. The molecule has 8 fully saturated rings. The standard InChI is InChI=1S/C29H24F2NSi.C23H32O2.Ir/c1-18-14-19-8-5-6-9-21(19)22(15-18)28-17-24(29-25(30)10-7-11-26(29)31)23-16-20(33(2,3)4)12-13-27(23)32-28;24-20(22-8-14-1-15(9-22)3-16(2-14)10-22)7-21(25)23-11-17-4-18(12-23)6-19(5-17)13-23;/h5-14,16-17H,1-4H3;7,14-19,24H,1-6,8-13H2;/q-1;;/b;20-7-;. The number of hydrogen-bond acceptors (Lipinski definition) is 3. The van der Waals surface area contributed by atoms with Gasteiger partial charge in [0, 0.05) is 42.4 Å². The predicted octanol–water partition coefficient (Wildman–Crippen LogP) is 13.1. The first kappa shape index (κ1) is 40.9. The smallest absolute Gasteiger partial charge is 0.165 e. The van der Waals surface area contributed by atoms with E-state index in [0.29, 0.717) is 28.3 Å². The Hall–Kier alpha value is -3.51. The number of allylic oxidation sites excluding steroid dienone is 2. The monoisotopic (exact) mass is 985 g/mol. The number of aliphatic hydroxyl groups is 1. The van der Waals surface area contributed by atoms with Gasteiger partial charge in [0.25, 0.3) is 0 Å². The van der Waals surface area contributed by atoms with E-state index in [1.165, 1.54) is 61.9 Å². The van der Waals surface area contributed by atoms with Crippen molar-refractivity contribution in [2.24, 2.45) is 46.3 Å². The number of pyridine rings is 1. The molecule has 0 unspecified atom stereocenters. The van der Waals surface area contributed by atoms with Gasteiger partial charge in [0.05, 0.1) is 19.2 Å². The molecule has 7 heteroatoms. The number of halogens is 2. The fraction of sp³-hybridized carbons (Fsp3) is 0.462. The van der Waals surface area contributed by atoms with Crippen LogP contribution in [0.4, 0.5) is 8.78 Å². The van der Waals surface area contributed by atoms with Gasteiger partial charge in [-0.2, -0.15) is 0 Å². The predicted molar refractivity (Wildman–Crippen MR) is 234 cm³/mol. The van der Waals surface area contributed by atoms with Crippen LogP contribution in [0.25, 0.3) is 44.1 Å². The first-order valence-electron chi connectivity index (χ1n) is 22.0. The Balaban J connectivity index is 0.000000154. The van der Waals surface area contributed by atoms with Crippen molar-refractivity contribution >= 4 is 40.7 Å². The summed E-state index contributed by atoms with van der Waals surface area (Å²) in [7, 11) is -1.64. The number of rotatable bonds is 6. The second-order valence-electron chi connectivity index (χ2n) is 20.8. The van der Waals surface area contributed by atoms with Gasteiger partial charge in [-0.1, -0.05) is 85.7 Å². The van der Waals surface area contributed by atoms with Gasteiger partial charge in [0.15, 0.2) is 5.78 Å². The summed E-state index contributed by atoms with van der Waals surface area (Å²) in [6, 6.07) is 25.5. The second kappa shape index (κ2) is 15.1. The van der Waals surface area contributed by atoms with E-state index in [1.807, 2.05) is 37.3 Å². The van der Waals surface area contributed by atoms with Crippen molar-refractivity contribution in [1.29, 1.82) is 0 Å². The normalized spacial score (nSPS) is 30.3. The van der Waals surface area contributed by atoms with Crippen molar-refractivity contribution in [1.82, 2.24) is 4.98 Å². The number of ketones is 1. The Morgan fingerprint density at radius 2 is 1.27 bits per heavy atom. The summed E-state index contributed by atoms with van der Waals surface area (Å²) < 4.78 is 30.0. The molecular formula is C52H56F2IrNO2Si-. The Morgan fingerprint density at radius 3 is 1.83 bits per heavy atom. The van der Waals surface area contributed by atoms with Crippen LogP contribution in [-0.4, -0.2) is 23.9 Å². The number of fused-ring (bicyclic) bond motifs is 2. The van der Waals surface area contributed by atoms with Crippen molar-refractivity contribution in [3.63, 3.8) is 0 Å². The van der Waals surface area contributed by atoms with Gasteiger partial charge in [-0.25, -0.2) is 8.78 Å². The molecule has 59 heavy (non-hydrogen) atoms. The summed E-state index contributed by atoms with van der Waals surface area (Å²) in [6.07, 6.45) is 16.8. The van der Waals surface area contributed by atoms with Gasteiger partial charge in [-0.15, -0.1) is 28.6 Å². The molecule has 13 rings (SSSR count). The molecule has 3 nitrogen and oxygen atoms in total. The summed E-state index contributed by atoms with van der Waals surface area (Å²) in [4.78, 5) is 18.3. The molecule has 0 spiro atoms. The minimum Gasteiger partial charge on any atom is -0.512 e. The molecular weight excluding hydrogens is 929 g/mol. The largest absolute Gasteiger partial charge is 0.512 e. The minimum atomic E-state index is -1.64. The Morgan fingerprint density at radius 1 is 0.729 bits per heavy atom. The van der Waals surface area contributed by atoms with Gasteiger partial charge in [0.2, 0.25) is 0 Å². The average Bonchev–Trinajstić information content (AvgIpc) is 3.16. The quantitative estimate of drug-likeness (QED) is 0.0798. The van der Waals surface area contributed by atoms with Crippen LogP contribution < -0.4 is 5.19 Å². The number of aryl methyl sites for hydroxylation is 1. The molecule has 1 N–H and O–H groups in total. The zero-order chi connectivity index (χ0) is 40.1. The Labute approximate surface area is 362 Å². The topological polar surface area (TPSA) is 50.2 Å². The van der Waals surface area contributed by atoms with Gasteiger partial charge in [-0.3, -0.25) is 9.78 Å². The van der Waals surface area contributed by atoms with Crippen LogP contribution in [0.1, 0.15) is 82.6 Å². The fourth-order valence-electron chi connectivity index (χ4n) is 13.6. The zero-order valence-electron chi connectivity index (χ0n) is 34.8. The van der Waals surface area contributed by atoms with E-state index >= 15 is 0 Å². The van der Waals surface area contributed by atoms with E-state index in [9.17, 15) is 18.7 Å². The maximum atomic E-state index is 15.0. The molecule has 8 saturated carbocycles. The van der Waals surface area contributed by atoms with Crippen LogP contribution in [0.15, 0.2) is 84.6 Å². The minimum absolute atomic E-state index is 0. The Kier molecular flexibility index (Phi) is 10.5. The third-order valence-electron chi connectivity index (χ3n) is 15.5. The van der Waals surface area contributed by atoms with Crippen molar-refractivity contribution in [2.45, 2.75) is 104 Å². The number of carbonyl (C=O) groups is 1. The molecule has 309 valence electrons. The number of aliphatic hydroxyl groups excluding tert-OH is 1. The van der Waals surface area contributed by atoms with Crippen LogP contribution in [0.5, 0.6) is 0 Å². The molecule has 1 heterocycles. The molecule has 0 amide bonds. The number of nitrogens with zero attached hydrogens (tertiary/aromatic N) is 1. The number of carbonyl (C=O) groups excluding carboxylic acids is 1. The van der Waals surface area contributed by atoms with Crippen LogP contribution in [0, 0.1) is 71.0 Å². The summed E-state index contributed by atoms with van der Waals surface area (Å²) in [5, 5.41) is 15.2. The maximum Gasteiger partial charge on any atom is 0.165 e. The number of benzene rings is 4. The van der Waals surface area contributed by atoms with Crippen LogP contribution in [0.2, 0.25) is 19.6 Å². The first-order valence-corrected chi connectivity index (χ1v) is 25.5. The zero-order valence-corrected chi connectivity index (χ0v) is 38.2. The summed E-state index contributed by atoms with van der Waals surface area (Å²) in [5.41, 5.74) is 3.57. The van der Waals surface area contributed by atoms with Crippen LogP contribution >= 0.6 is 0 Å². The van der Waals surface area contributed by atoms with Gasteiger partial charge in [0.1, 0.15) is 17.4 Å². The molecule has 0 atom stereocenters. The SMILES string of the molecule is Cc1[c-]c(-c2cc(-c3c(F)cccc3F)c3cc([Si](C)(C)C)ccc3n2)c2ccccc2c1.O=C(/C=C(\O)C12CC3CC(CC(C3)C1)C2)C12CC3CC(CC(C3)C1)C2.[Ir]. The second-order valence-corrected chi connectivity index (χ2v) is 25.9. The number of aromatic nitrogens is 1.